The van der Waals surface area contributed by atoms with Crippen LogP contribution in [0.5, 0.6) is 11.5 Å². The van der Waals surface area contributed by atoms with E-state index < -0.39 is 0 Å². The van der Waals surface area contributed by atoms with Gasteiger partial charge in [-0.25, -0.2) is 0 Å². The number of hydrogen-bond acceptors (Lipinski definition) is 2. The molecule has 5 aliphatic carbocycles. The summed E-state index contributed by atoms with van der Waals surface area (Å²) in [6.07, 6.45) is 8.08. The average molecular weight is 654 g/mol. The number of ether oxygens (including phenoxy) is 1. The lowest BCUT2D eigenvalue weighted by atomic mass is 9.26. The zero-order valence-electron chi connectivity index (χ0n) is 29.9. The second-order valence-electron chi connectivity index (χ2n) is 18.1. The quantitative estimate of drug-likeness (QED) is 0.191. The summed E-state index contributed by atoms with van der Waals surface area (Å²) in [6, 6.07) is 43.5. The molecule has 0 saturated heterocycles. The molecule has 50 heavy (non-hydrogen) atoms. The molecule has 5 aromatic rings. The highest BCUT2D eigenvalue weighted by Gasteiger charge is 2.84. The van der Waals surface area contributed by atoms with Crippen LogP contribution < -0.4 is 9.64 Å². The number of para-hydroxylation sites is 2. The first-order chi connectivity index (χ1) is 24.2. The van der Waals surface area contributed by atoms with Gasteiger partial charge in [0, 0.05) is 34.0 Å². The number of rotatable bonds is 4. The summed E-state index contributed by atoms with van der Waals surface area (Å²) in [4.78, 5) is 2.49. The zero-order chi connectivity index (χ0) is 33.6. The van der Waals surface area contributed by atoms with Crippen LogP contribution >= 0.6 is 0 Å². The van der Waals surface area contributed by atoms with E-state index in [0.29, 0.717) is 17.3 Å². The van der Waals surface area contributed by atoms with Gasteiger partial charge in [0.15, 0.2) is 0 Å². The van der Waals surface area contributed by atoms with Gasteiger partial charge in [0.25, 0.3) is 0 Å². The summed E-state index contributed by atoms with van der Waals surface area (Å²) in [5.74, 6) is 5.37. The molecule has 2 nitrogen and oxygen atoms in total. The number of hydrogen-bond donors (Lipinski definition) is 0. The molecular formula is C48H47NO. The molecule has 0 aromatic heterocycles. The lowest BCUT2D eigenvalue weighted by molar-refractivity contribution is -0.234. The normalized spacial score (nSPS) is 31.0. The second-order valence-corrected chi connectivity index (χ2v) is 18.1. The Balaban J connectivity index is 1.17. The molecule has 2 heteroatoms. The van der Waals surface area contributed by atoms with Crippen LogP contribution in [0.2, 0.25) is 0 Å². The Kier molecular flexibility index (Phi) is 5.72. The minimum absolute atomic E-state index is 0.0125. The monoisotopic (exact) mass is 653 g/mol. The van der Waals surface area contributed by atoms with Gasteiger partial charge >= 0.3 is 0 Å². The SMILES string of the molecule is CC1(C)CCC(C)(C)c2cc(N(c3ccccc3)c3cc4c(c(-c5ccccc5)c3)C3(c5ccccc5O4)C4CC5CC6CC3C64C5)ccc21. The molecule has 0 radical (unpaired) electrons. The Morgan fingerprint density at radius 2 is 1.28 bits per heavy atom. The third-order valence-corrected chi connectivity index (χ3v) is 15.0. The first-order valence-electron chi connectivity index (χ1n) is 19.2. The minimum Gasteiger partial charge on any atom is -0.457 e. The molecule has 250 valence electrons. The molecule has 2 spiro atoms. The lowest BCUT2D eigenvalue weighted by Gasteiger charge is -2.77. The maximum atomic E-state index is 7.15. The second kappa shape index (κ2) is 9.72. The van der Waals surface area contributed by atoms with E-state index in [2.05, 4.69) is 148 Å². The summed E-state index contributed by atoms with van der Waals surface area (Å²) in [6.45, 7) is 9.70. The van der Waals surface area contributed by atoms with Crippen molar-refractivity contribution in [3.05, 3.63) is 138 Å². The van der Waals surface area contributed by atoms with Gasteiger partial charge in [-0.3, -0.25) is 0 Å². The van der Waals surface area contributed by atoms with E-state index in [9.17, 15) is 0 Å². The molecule has 1 aliphatic heterocycles. The first-order valence-corrected chi connectivity index (χ1v) is 19.2. The van der Waals surface area contributed by atoms with E-state index >= 15 is 0 Å². The standard InChI is InChI=1S/C48H47NO/c1-45(2)21-22-46(3,4)39-27-34(19-20-37(39)45)49(33-15-9-6-10-16-33)35-26-36(31-13-7-5-8-14-31)44-41(28-35)50-40-18-12-11-17-38(40)48(44)42-24-30-23-32-25-43(48)47(32,42)29-30/h5-20,26-28,30,32,42-43H,21-25,29H2,1-4H3. The molecule has 4 saturated carbocycles. The molecule has 6 atom stereocenters. The molecule has 1 heterocycles. The molecule has 6 aliphatic rings. The maximum Gasteiger partial charge on any atom is 0.134 e. The van der Waals surface area contributed by atoms with E-state index in [-0.39, 0.29) is 16.2 Å². The number of fused-ring (bicyclic) bond motifs is 8. The highest BCUT2D eigenvalue weighted by molar-refractivity contribution is 5.86. The summed E-state index contributed by atoms with van der Waals surface area (Å²) >= 11 is 0. The van der Waals surface area contributed by atoms with E-state index in [0.717, 1.165) is 29.0 Å². The fourth-order valence-electron chi connectivity index (χ4n) is 12.9. The summed E-state index contributed by atoms with van der Waals surface area (Å²) in [5, 5.41) is 0. The van der Waals surface area contributed by atoms with Crippen molar-refractivity contribution >= 4 is 17.1 Å². The number of nitrogens with zero attached hydrogens (tertiary/aromatic N) is 1. The number of benzene rings is 5. The molecule has 5 aromatic carbocycles. The smallest absolute Gasteiger partial charge is 0.134 e. The molecule has 0 amide bonds. The van der Waals surface area contributed by atoms with Gasteiger partial charge in [0.05, 0.1) is 5.69 Å². The summed E-state index contributed by atoms with van der Waals surface area (Å²) in [5.41, 5.74) is 12.9. The Morgan fingerprint density at radius 1 is 0.580 bits per heavy atom. The van der Waals surface area contributed by atoms with Crippen molar-refractivity contribution in [3.63, 3.8) is 0 Å². The van der Waals surface area contributed by atoms with Crippen LogP contribution in [0.15, 0.2) is 115 Å². The van der Waals surface area contributed by atoms with Gasteiger partial charge in [-0.15, -0.1) is 0 Å². The third kappa shape index (κ3) is 3.56. The van der Waals surface area contributed by atoms with Crippen molar-refractivity contribution in [2.75, 3.05) is 4.90 Å². The van der Waals surface area contributed by atoms with E-state index in [4.69, 9.17) is 4.74 Å². The molecule has 11 rings (SSSR count). The van der Waals surface area contributed by atoms with Gasteiger partial charge in [0.2, 0.25) is 0 Å². The van der Waals surface area contributed by atoms with Crippen LogP contribution in [0.4, 0.5) is 17.1 Å². The third-order valence-electron chi connectivity index (χ3n) is 15.0. The van der Waals surface area contributed by atoms with E-state index in [1.165, 1.54) is 83.3 Å². The van der Waals surface area contributed by atoms with Crippen molar-refractivity contribution in [1.29, 1.82) is 0 Å². The Hall–Kier alpha value is -4.30. The molecule has 2 bridgehead atoms. The predicted molar refractivity (Wildman–Crippen MR) is 204 cm³/mol. The van der Waals surface area contributed by atoms with E-state index in [1.807, 2.05) is 0 Å². The lowest BCUT2D eigenvalue weighted by Crippen LogP contribution is -2.74. The van der Waals surface area contributed by atoms with Gasteiger partial charge in [-0.05, 0) is 137 Å². The first kappa shape index (κ1) is 29.4. The fourth-order valence-corrected chi connectivity index (χ4v) is 12.9. The average Bonchev–Trinajstić information content (AvgIpc) is 3.66. The Morgan fingerprint density at radius 3 is 2.06 bits per heavy atom. The van der Waals surface area contributed by atoms with Crippen LogP contribution in [0.3, 0.4) is 0 Å². The van der Waals surface area contributed by atoms with Crippen LogP contribution in [0.1, 0.15) is 88.5 Å². The van der Waals surface area contributed by atoms with Gasteiger partial charge < -0.3 is 9.64 Å². The van der Waals surface area contributed by atoms with Crippen molar-refractivity contribution in [2.45, 2.75) is 82.5 Å². The Labute approximate surface area is 297 Å². The highest BCUT2D eigenvalue weighted by Crippen LogP contribution is 2.89. The summed E-state index contributed by atoms with van der Waals surface area (Å²) < 4.78 is 7.15. The zero-order valence-corrected chi connectivity index (χ0v) is 29.9. The van der Waals surface area contributed by atoms with Crippen molar-refractivity contribution < 1.29 is 4.74 Å². The van der Waals surface area contributed by atoms with Gasteiger partial charge in [-0.2, -0.15) is 0 Å². The Bertz CT molecular complexity index is 2200. The highest BCUT2D eigenvalue weighted by atomic mass is 16.5. The molecule has 4 fully saturated rings. The van der Waals surface area contributed by atoms with E-state index in [1.54, 1.807) is 0 Å². The van der Waals surface area contributed by atoms with Gasteiger partial charge in [0.1, 0.15) is 11.5 Å². The number of anilines is 3. The fraction of sp³-hybridized carbons (Fsp3) is 0.375. The van der Waals surface area contributed by atoms with Crippen molar-refractivity contribution in [2.24, 2.45) is 29.1 Å². The molecular weight excluding hydrogens is 607 g/mol. The van der Waals surface area contributed by atoms with Crippen molar-refractivity contribution in [3.8, 4) is 22.6 Å². The maximum absolute atomic E-state index is 7.15. The van der Waals surface area contributed by atoms with Crippen LogP contribution in [-0.4, -0.2) is 0 Å². The molecule has 0 N–H and O–H groups in total. The topological polar surface area (TPSA) is 12.5 Å². The van der Waals surface area contributed by atoms with Crippen LogP contribution in [0.25, 0.3) is 11.1 Å². The largest absolute Gasteiger partial charge is 0.457 e. The van der Waals surface area contributed by atoms with Gasteiger partial charge in [-0.1, -0.05) is 100 Å². The van der Waals surface area contributed by atoms with Crippen molar-refractivity contribution in [1.82, 2.24) is 0 Å². The predicted octanol–water partition coefficient (Wildman–Crippen LogP) is 12.6. The summed E-state index contributed by atoms with van der Waals surface area (Å²) in [7, 11) is 0. The minimum atomic E-state index is 0.0125. The molecule has 6 unspecified atom stereocenters. The van der Waals surface area contributed by atoms with Crippen LogP contribution in [0, 0.1) is 29.1 Å². The van der Waals surface area contributed by atoms with Crippen LogP contribution in [-0.2, 0) is 16.2 Å².